The van der Waals surface area contributed by atoms with E-state index in [1.54, 1.807) is 12.1 Å². The summed E-state index contributed by atoms with van der Waals surface area (Å²) in [6.45, 7) is 4.41. The van der Waals surface area contributed by atoms with Crippen molar-refractivity contribution in [3.05, 3.63) is 50.7 Å². The quantitative estimate of drug-likeness (QED) is 0.814. The van der Waals surface area contributed by atoms with Gasteiger partial charge in [-0.15, -0.1) is 11.3 Å². The number of nitrogens with one attached hydrogen (secondary N) is 1. The highest BCUT2D eigenvalue weighted by molar-refractivity contribution is 7.14. The molecule has 1 N–H and O–H groups in total. The number of carbonyl (C=O) groups excluding carboxylic acids is 2. The molecular formula is C18H21NO4S. The number of esters is 1. The Morgan fingerprint density at radius 2 is 1.96 bits per heavy atom. The van der Waals surface area contributed by atoms with Crippen molar-refractivity contribution < 1.29 is 19.1 Å². The first-order valence-electron chi connectivity index (χ1n) is 7.62. The summed E-state index contributed by atoms with van der Waals surface area (Å²) in [5.41, 5.74) is 2.28. The molecule has 128 valence electrons. The van der Waals surface area contributed by atoms with Gasteiger partial charge in [0.2, 0.25) is 0 Å². The summed E-state index contributed by atoms with van der Waals surface area (Å²) in [7, 11) is 2.81. The normalized spacial score (nSPS) is 10.3. The van der Waals surface area contributed by atoms with E-state index in [0.717, 1.165) is 17.5 Å². The molecule has 0 bridgehead atoms. The van der Waals surface area contributed by atoms with Crippen LogP contribution in [0.1, 0.15) is 43.0 Å². The molecule has 0 saturated heterocycles. The molecule has 1 aromatic carbocycles. The molecule has 6 heteroatoms. The van der Waals surface area contributed by atoms with Crippen molar-refractivity contribution in [3.8, 4) is 5.75 Å². The van der Waals surface area contributed by atoms with Crippen molar-refractivity contribution in [2.24, 2.45) is 0 Å². The van der Waals surface area contributed by atoms with E-state index < -0.39 is 5.97 Å². The second-order valence-corrected chi connectivity index (χ2v) is 6.42. The third-order valence-electron chi connectivity index (χ3n) is 3.69. The van der Waals surface area contributed by atoms with E-state index in [-0.39, 0.29) is 5.91 Å². The minimum Gasteiger partial charge on any atom is -0.496 e. The van der Waals surface area contributed by atoms with Crippen LogP contribution in [0.2, 0.25) is 0 Å². The Bertz CT molecular complexity index is 751. The molecule has 0 spiro atoms. The zero-order chi connectivity index (χ0) is 17.7. The van der Waals surface area contributed by atoms with E-state index in [4.69, 9.17) is 9.47 Å². The predicted octanol–water partition coefficient (Wildman–Crippen LogP) is 3.34. The Morgan fingerprint density at radius 3 is 2.54 bits per heavy atom. The Morgan fingerprint density at radius 1 is 1.21 bits per heavy atom. The third kappa shape index (κ3) is 3.94. The molecule has 0 unspecified atom stereocenters. The fourth-order valence-corrected chi connectivity index (χ4v) is 3.42. The molecule has 0 aliphatic carbocycles. The largest absolute Gasteiger partial charge is 0.496 e. The number of benzene rings is 1. The molecule has 0 fully saturated rings. The summed E-state index contributed by atoms with van der Waals surface area (Å²) >= 11 is 1.51. The van der Waals surface area contributed by atoms with E-state index in [1.807, 2.05) is 19.1 Å². The lowest BCUT2D eigenvalue weighted by molar-refractivity contribution is 0.0597. The molecule has 0 atom stereocenters. The van der Waals surface area contributed by atoms with E-state index in [1.165, 1.54) is 30.4 Å². The van der Waals surface area contributed by atoms with Crippen LogP contribution >= 0.6 is 11.3 Å². The second-order valence-electron chi connectivity index (χ2n) is 5.28. The van der Waals surface area contributed by atoms with Gasteiger partial charge < -0.3 is 14.8 Å². The first-order valence-corrected chi connectivity index (χ1v) is 8.44. The van der Waals surface area contributed by atoms with E-state index in [9.17, 15) is 9.59 Å². The van der Waals surface area contributed by atoms with Gasteiger partial charge in [0.05, 0.1) is 19.1 Å². The van der Waals surface area contributed by atoms with Gasteiger partial charge in [-0.1, -0.05) is 13.0 Å². The van der Waals surface area contributed by atoms with Crippen molar-refractivity contribution in [3.63, 3.8) is 0 Å². The highest BCUT2D eigenvalue weighted by Crippen LogP contribution is 2.23. The Balaban J connectivity index is 2.10. The lowest BCUT2D eigenvalue weighted by atomic mass is 10.1. The van der Waals surface area contributed by atoms with Crippen LogP contribution in [0.25, 0.3) is 0 Å². The van der Waals surface area contributed by atoms with Gasteiger partial charge in [0.1, 0.15) is 11.3 Å². The lowest BCUT2D eigenvalue weighted by Gasteiger charge is -2.10. The molecule has 1 heterocycles. The Labute approximate surface area is 145 Å². The van der Waals surface area contributed by atoms with E-state index >= 15 is 0 Å². The number of hydrogen-bond donors (Lipinski definition) is 1. The van der Waals surface area contributed by atoms with Crippen LogP contribution in [0.4, 0.5) is 0 Å². The average molecular weight is 347 g/mol. The van der Waals surface area contributed by atoms with Gasteiger partial charge in [-0.3, -0.25) is 4.79 Å². The number of aryl methyl sites for hydroxylation is 2. The zero-order valence-corrected chi connectivity index (χ0v) is 15.1. The molecule has 1 aromatic heterocycles. The van der Waals surface area contributed by atoms with E-state index in [0.29, 0.717) is 22.7 Å². The molecule has 5 nitrogen and oxygen atoms in total. The summed E-state index contributed by atoms with van der Waals surface area (Å²) in [6.07, 6.45) is 0.921. The molecule has 0 saturated carbocycles. The maximum atomic E-state index is 12.3. The van der Waals surface area contributed by atoms with Crippen LogP contribution in [-0.4, -0.2) is 26.1 Å². The van der Waals surface area contributed by atoms with Crippen molar-refractivity contribution in [1.29, 1.82) is 0 Å². The molecular weight excluding hydrogens is 326 g/mol. The van der Waals surface area contributed by atoms with Gasteiger partial charge in [-0.2, -0.15) is 0 Å². The van der Waals surface area contributed by atoms with Gasteiger partial charge in [-0.25, -0.2) is 4.79 Å². The highest BCUT2D eigenvalue weighted by atomic mass is 32.1. The topological polar surface area (TPSA) is 64.6 Å². The first kappa shape index (κ1) is 18.0. The summed E-state index contributed by atoms with van der Waals surface area (Å²) in [6, 6.07) is 7.08. The van der Waals surface area contributed by atoms with Crippen LogP contribution in [-0.2, 0) is 17.7 Å². The fourth-order valence-electron chi connectivity index (χ4n) is 2.39. The molecule has 1 amide bonds. The number of rotatable bonds is 6. The maximum Gasteiger partial charge on any atom is 0.341 e. The van der Waals surface area contributed by atoms with Gasteiger partial charge in [0.25, 0.3) is 5.91 Å². The Hall–Kier alpha value is -2.34. The van der Waals surface area contributed by atoms with Gasteiger partial charge in [0, 0.05) is 11.4 Å². The summed E-state index contributed by atoms with van der Waals surface area (Å²) in [4.78, 5) is 26.0. The second kappa shape index (κ2) is 7.97. The van der Waals surface area contributed by atoms with Crippen LogP contribution < -0.4 is 10.1 Å². The van der Waals surface area contributed by atoms with Crippen molar-refractivity contribution in [2.45, 2.75) is 26.8 Å². The number of ether oxygens (including phenoxy) is 2. The smallest absolute Gasteiger partial charge is 0.341 e. The monoisotopic (exact) mass is 347 g/mol. The molecule has 2 aromatic rings. The molecule has 0 radical (unpaired) electrons. The zero-order valence-electron chi connectivity index (χ0n) is 14.3. The molecule has 24 heavy (non-hydrogen) atoms. The van der Waals surface area contributed by atoms with Crippen LogP contribution in [0.15, 0.2) is 24.3 Å². The molecule has 2 rings (SSSR count). The highest BCUT2D eigenvalue weighted by Gasteiger charge is 2.15. The van der Waals surface area contributed by atoms with Crippen molar-refractivity contribution >= 4 is 23.2 Å². The van der Waals surface area contributed by atoms with Crippen LogP contribution in [0.5, 0.6) is 5.75 Å². The number of thiophene rings is 1. The SMILES string of the molecule is CCc1sc(C(=O)NCc2ccc(OC)c(C(=O)OC)c2)cc1C. The fraction of sp³-hybridized carbons (Fsp3) is 0.333. The minimum atomic E-state index is -0.471. The van der Waals surface area contributed by atoms with Crippen molar-refractivity contribution in [1.82, 2.24) is 5.32 Å². The predicted molar refractivity (Wildman–Crippen MR) is 93.9 cm³/mol. The van der Waals surface area contributed by atoms with Gasteiger partial charge in [-0.05, 0) is 42.7 Å². The van der Waals surface area contributed by atoms with Gasteiger partial charge >= 0.3 is 5.97 Å². The van der Waals surface area contributed by atoms with Crippen LogP contribution in [0, 0.1) is 6.92 Å². The number of methoxy groups -OCH3 is 2. The lowest BCUT2D eigenvalue weighted by Crippen LogP contribution is -2.22. The number of carbonyl (C=O) groups is 2. The molecule has 0 aliphatic heterocycles. The van der Waals surface area contributed by atoms with Crippen LogP contribution in [0.3, 0.4) is 0 Å². The Kier molecular flexibility index (Phi) is 5.98. The maximum absolute atomic E-state index is 12.3. The van der Waals surface area contributed by atoms with Crippen molar-refractivity contribution in [2.75, 3.05) is 14.2 Å². The van der Waals surface area contributed by atoms with E-state index in [2.05, 4.69) is 12.2 Å². The third-order valence-corrected chi connectivity index (χ3v) is 5.07. The molecule has 0 aliphatic rings. The summed E-state index contributed by atoms with van der Waals surface area (Å²) < 4.78 is 9.91. The standard InChI is InChI=1S/C18H21NO4S/c1-5-15-11(2)8-16(24-15)17(20)19-10-12-6-7-14(22-3)13(9-12)18(21)23-4/h6-9H,5,10H2,1-4H3,(H,19,20). The number of hydrogen-bond acceptors (Lipinski definition) is 5. The summed E-state index contributed by atoms with van der Waals surface area (Å²) in [5.74, 6) is -0.141. The van der Waals surface area contributed by atoms with Gasteiger partial charge in [0.15, 0.2) is 0 Å². The average Bonchev–Trinajstić information content (AvgIpc) is 2.99. The number of amides is 1. The minimum absolute atomic E-state index is 0.113. The first-order chi connectivity index (χ1) is 11.5. The summed E-state index contributed by atoms with van der Waals surface area (Å²) in [5, 5.41) is 2.88.